The molecule has 0 radical (unpaired) electrons. The molecular weight excluding hydrogens is 625 g/mol. The number of hydrogen-bond acceptors (Lipinski definition) is 7. The van der Waals surface area contributed by atoms with E-state index in [1.165, 1.54) is 17.0 Å². The summed E-state index contributed by atoms with van der Waals surface area (Å²) in [5, 5.41) is -0.346. The van der Waals surface area contributed by atoms with Gasteiger partial charge in [-0.2, -0.15) is 8.42 Å². The summed E-state index contributed by atoms with van der Waals surface area (Å²) in [5.41, 5.74) is 3.42. The smallest absolute Gasteiger partial charge is 0.339 e. The third-order valence-corrected chi connectivity index (χ3v) is 8.37. The molecule has 0 aromatic heterocycles. The first-order chi connectivity index (χ1) is 17.6. The standard InChI is InChI=1S/C27H24INO6S2/c1-4-34-23-14-20(13-22(28)25(23)35-37(32,33)21-10-8-17(2)9-11-21)15-24-26(30)29(27(31)36-24)16-19-7-5-6-18(3)12-19/h5-15H,4,16H2,1-3H3/b24-15-. The summed E-state index contributed by atoms with van der Waals surface area (Å²) in [5.74, 6) is -0.102. The minimum Gasteiger partial charge on any atom is -0.490 e. The number of nitrogens with zero attached hydrogens (tertiary/aromatic N) is 1. The number of ether oxygens (including phenoxy) is 1. The van der Waals surface area contributed by atoms with Gasteiger partial charge in [0, 0.05) is 0 Å². The summed E-state index contributed by atoms with van der Waals surface area (Å²) in [6.45, 7) is 6.05. The Hall–Kier alpha value is -2.83. The molecular formula is C27H24INO6S2. The van der Waals surface area contributed by atoms with Gasteiger partial charge in [-0.25, -0.2) is 0 Å². The lowest BCUT2D eigenvalue weighted by atomic mass is 10.1. The molecule has 1 heterocycles. The monoisotopic (exact) mass is 649 g/mol. The van der Waals surface area contributed by atoms with Gasteiger partial charge in [-0.1, -0.05) is 47.5 Å². The number of rotatable bonds is 8. The average Bonchev–Trinajstić information content (AvgIpc) is 3.09. The summed E-state index contributed by atoms with van der Waals surface area (Å²) >= 11 is 2.83. The number of carbonyl (C=O) groups excluding carboxylic acids is 2. The van der Waals surface area contributed by atoms with Gasteiger partial charge in [0.25, 0.3) is 11.1 Å². The predicted molar refractivity (Wildman–Crippen MR) is 152 cm³/mol. The summed E-state index contributed by atoms with van der Waals surface area (Å²) < 4.78 is 37.4. The third-order valence-electron chi connectivity index (χ3n) is 5.43. The van der Waals surface area contributed by atoms with Crippen LogP contribution in [0.1, 0.15) is 29.2 Å². The predicted octanol–water partition coefficient (Wildman–Crippen LogP) is 6.31. The van der Waals surface area contributed by atoms with Gasteiger partial charge in [-0.15, -0.1) is 0 Å². The minimum absolute atomic E-state index is 0.0303. The molecule has 0 aliphatic carbocycles. The van der Waals surface area contributed by atoms with E-state index >= 15 is 0 Å². The van der Waals surface area contributed by atoms with Gasteiger partial charge >= 0.3 is 10.1 Å². The van der Waals surface area contributed by atoms with Crippen LogP contribution in [0.3, 0.4) is 0 Å². The number of benzene rings is 3. The number of thioether (sulfide) groups is 1. The van der Waals surface area contributed by atoms with Crippen molar-refractivity contribution in [3.05, 3.63) is 91.4 Å². The van der Waals surface area contributed by atoms with Crippen LogP contribution in [0.25, 0.3) is 6.08 Å². The molecule has 3 aromatic rings. The van der Waals surface area contributed by atoms with Crippen molar-refractivity contribution in [3.63, 3.8) is 0 Å². The highest BCUT2D eigenvalue weighted by Crippen LogP contribution is 2.39. The van der Waals surface area contributed by atoms with Crippen LogP contribution in [-0.4, -0.2) is 31.1 Å². The first-order valence-corrected chi connectivity index (χ1v) is 14.7. The van der Waals surface area contributed by atoms with Crippen molar-refractivity contribution in [2.45, 2.75) is 32.2 Å². The molecule has 0 bridgehead atoms. The van der Waals surface area contributed by atoms with Crippen molar-refractivity contribution in [1.82, 2.24) is 4.90 Å². The Labute approximate surface area is 234 Å². The molecule has 10 heteroatoms. The topological polar surface area (TPSA) is 90.0 Å². The highest BCUT2D eigenvalue weighted by Gasteiger charge is 2.35. The lowest BCUT2D eigenvalue weighted by Crippen LogP contribution is -2.27. The van der Waals surface area contributed by atoms with E-state index in [0.29, 0.717) is 9.13 Å². The van der Waals surface area contributed by atoms with Crippen LogP contribution in [-0.2, 0) is 21.5 Å². The largest absolute Gasteiger partial charge is 0.490 e. The van der Waals surface area contributed by atoms with E-state index in [4.69, 9.17) is 8.92 Å². The molecule has 7 nitrogen and oxygen atoms in total. The molecule has 2 amide bonds. The highest BCUT2D eigenvalue weighted by atomic mass is 127. The van der Waals surface area contributed by atoms with Crippen LogP contribution in [0, 0.1) is 17.4 Å². The molecule has 0 spiro atoms. The van der Waals surface area contributed by atoms with Gasteiger partial charge in [0.15, 0.2) is 11.5 Å². The van der Waals surface area contributed by atoms with E-state index in [0.717, 1.165) is 28.5 Å². The van der Waals surface area contributed by atoms with Gasteiger partial charge in [0.05, 0.1) is 21.6 Å². The first kappa shape index (κ1) is 27.2. The Morgan fingerprint density at radius 1 is 1.00 bits per heavy atom. The number of aryl methyl sites for hydroxylation is 2. The van der Waals surface area contributed by atoms with Crippen molar-refractivity contribution in [2.24, 2.45) is 0 Å². The van der Waals surface area contributed by atoms with Crippen molar-refractivity contribution in [1.29, 1.82) is 0 Å². The fraction of sp³-hybridized carbons (Fsp3) is 0.185. The highest BCUT2D eigenvalue weighted by molar-refractivity contribution is 14.1. The van der Waals surface area contributed by atoms with E-state index in [9.17, 15) is 18.0 Å². The number of hydrogen-bond donors (Lipinski definition) is 0. The first-order valence-electron chi connectivity index (χ1n) is 11.4. The fourth-order valence-corrected chi connectivity index (χ4v) is 6.34. The van der Waals surface area contributed by atoms with E-state index in [1.807, 2.05) is 60.7 Å². The van der Waals surface area contributed by atoms with Gasteiger partial charge in [0.2, 0.25) is 0 Å². The molecule has 37 heavy (non-hydrogen) atoms. The van der Waals surface area contributed by atoms with Crippen LogP contribution in [0.15, 0.2) is 70.5 Å². The van der Waals surface area contributed by atoms with Gasteiger partial charge in [0.1, 0.15) is 4.90 Å². The average molecular weight is 650 g/mol. The molecule has 4 rings (SSSR count). The quantitative estimate of drug-likeness (QED) is 0.161. The van der Waals surface area contributed by atoms with Gasteiger partial charge in [-0.3, -0.25) is 14.5 Å². The summed E-state index contributed by atoms with van der Waals surface area (Å²) in [6, 6.07) is 17.3. The fourth-order valence-electron chi connectivity index (χ4n) is 3.66. The third kappa shape index (κ3) is 6.36. The zero-order valence-electron chi connectivity index (χ0n) is 20.4. The number of amides is 2. The van der Waals surface area contributed by atoms with Gasteiger partial charge in [-0.05, 0) is 96.6 Å². The van der Waals surface area contributed by atoms with Crippen molar-refractivity contribution >= 4 is 61.7 Å². The second-order valence-electron chi connectivity index (χ2n) is 8.37. The molecule has 1 fully saturated rings. The molecule has 192 valence electrons. The molecule has 0 saturated carbocycles. The Bertz CT molecular complexity index is 1500. The minimum atomic E-state index is -4.09. The molecule has 1 aliphatic heterocycles. The van der Waals surface area contributed by atoms with Crippen molar-refractivity contribution in [2.75, 3.05) is 6.61 Å². The van der Waals surface area contributed by atoms with E-state index in [1.54, 1.807) is 37.3 Å². The molecule has 1 aliphatic rings. The SMILES string of the molecule is CCOc1cc(/C=C2\SC(=O)N(Cc3cccc(C)c3)C2=O)cc(I)c1OS(=O)(=O)c1ccc(C)cc1. The second-order valence-corrected chi connectivity index (χ2v) is 12.1. The number of imide groups is 1. The molecule has 3 aromatic carbocycles. The van der Waals surface area contributed by atoms with Crippen LogP contribution in [0.5, 0.6) is 11.5 Å². The summed E-state index contributed by atoms with van der Waals surface area (Å²) in [7, 11) is -4.09. The van der Waals surface area contributed by atoms with Crippen molar-refractivity contribution in [3.8, 4) is 11.5 Å². The maximum Gasteiger partial charge on any atom is 0.339 e. The second kappa shape index (κ2) is 11.3. The molecule has 1 saturated heterocycles. The molecule has 0 unspecified atom stereocenters. The van der Waals surface area contributed by atoms with Gasteiger partial charge < -0.3 is 8.92 Å². The van der Waals surface area contributed by atoms with Crippen molar-refractivity contribution < 1.29 is 26.9 Å². The Balaban J connectivity index is 1.62. The maximum absolute atomic E-state index is 13.0. The number of carbonyl (C=O) groups is 2. The molecule has 0 atom stereocenters. The Morgan fingerprint density at radius 2 is 1.73 bits per heavy atom. The number of halogens is 1. The summed E-state index contributed by atoms with van der Waals surface area (Å²) in [4.78, 5) is 27.1. The van der Waals surface area contributed by atoms with E-state index in [-0.39, 0.29) is 45.6 Å². The summed E-state index contributed by atoms with van der Waals surface area (Å²) in [6.07, 6.45) is 1.60. The van der Waals surface area contributed by atoms with Crippen LogP contribution < -0.4 is 8.92 Å². The normalized spacial score (nSPS) is 14.9. The lowest BCUT2D eigenvalue weighted by molar-refractivity contribution is -0.123. The van der Waals surface area contributed by atoms with E-state index in [2.05, 4.69) is 0 Å². The van der Waals surface area contributed by atoms with Crippen LogP contribution in [0.4, 0.5) is 4.79 Å². The Morgan fingerprint density at radius 3 is 2.41 bits per heavy atom. The maximum atomic E-state index is 13.0. The van der Waals surface area contributed by atoms with Crippen LogP contribution >= 0.6 is 34.4 Å². The lowest BCUT2D eigenvalue weighted by Gasteiger charge is -2.15. The van der Waals surface area contributed by atoms with E-state index < -0.39 is 10.1 Å². The molecule has 0 N–H and O–H groups in total. The Kier molecular flexibility index (Phi) is 8.29. The zero-order valence-corrected chi connectivity index (χ0v) is 24.1. The zero-order chi connectivity index (χ0) is 26.7. The van der Waals surface area contributed by atoms with Crippen LogP contribution in [0.2, 0.25) is 0 Å².